The molecule has 2 atom stereocenters. The molecular weight excluding hydrogens is 293 g/mol. The van der Waals surface area contributed by atoms with Crippen LogP contribution in [0.3, 0.4) is 0 Å². The molecule has 0 radical (unpaired) electrons. The minimum absolute atomic E-state index is 0.00947. The zero-order valence-electron chi connectivity index (χ0n) is 11.8. The highest BCUT2D eigenvalue weighted by Crippen LogP contribution is 2.40. The van der Waals surface area contributed by atoms with Gasteiger partial charge in [-0.3, -0.25) is 0 Å². The monoisotopic (exact) mass is 313 g/mol. The van der Waals surface area contributed by atoms with Gasteiger partial charge in [0.1, 0.15) is 5.82 Å². The van der Waals surface area contributed by atoms with Crippen molar-refractivity contribution in [3.05, 3.63) is 30.1 Å². The van der Waals surface area contributed by atoms with Crippen molar-refractivity contribution in [1.29, 1.82) is 0 Å². The first kappa shape index (κ1) is 14.9. The molecule has 3 rings (SSSR count). The minimum atomic E-state index is -3.60. The Hall–Kier alpha value is -0.980. The summed E-state index contributed by atoms with van der Waals surface area (Å²) in [6, 6.07) is 4.92. The Balaban J connectivity index is 1.82. The predicted molar refractivity (Wildman–Crippen MR) is 76.7 cm³/mol. The van der Waals surface area contributed by atoms with Gasteiger partial charge in [0.2, 0.25) is 10.0 Å². The summed E-state index contributed by atoms with van der Waals surface area (Å²) < 4.78 is 39.6. The molecule has 1 saturated carbocycles. The van der Waals surface area contributed by atoms with Gasteiger partial charge >= 0.3 is 0 Å². The van der Waals surface area contributed by atoms with E-state index in [9.17, 15) is 17.9 Å². The van der Waals surface area contributed by atoms with E-state index in [-0.39, 0.29) is 10.8 Å². The number of hydrogen-bond donors (Lipinski definition) is 1. The normalized spacial score (nSPS) is 30.9. The predicted octanol–water partition coefficient (Wildman–Crippen LogP) is 2.14. The van der Waals surface area contributed by atoms with Crippen molar-refractivity contribution in [3.8, 4) is 0 Å². The van der Waals surface area contributed by atoms with E-state index in [0.717, 1.165) is 37.8 Å². The van der Waals surface area contributed by atoms with Crippen molar-refractivity contribution in [1.82, 2.24) is 4.31 Å². The van der Waals surface area contributed by atoms with Crippen LogP contribution in [0.2, 0.25) is 0 Å². The van der Waals surface area contributed by atoms with Gasteiger partial charge in [0.15, 0.2) is 0 Å². The maximum Gasteiger partial charge on any atom is 0.243 e. The molecule has 6 heteroatoms. The minimum Gasteiger partial charge on any atom is -0.390 e. The standard InChI is InChI=1S/C15H20FNO3S/c16-13-4-6-14(7-5-13)21(19,20)17-10-9-15(18)8-2-1-3-12(15)11-17/h4-7,12,18H,1-3,8-11H2. The van der Waals surface area contributed by atoms with E-state index in [2.05, 4.69) is 0 Å². The van der Waals surface area contributed by atoms with Crippen molar-refractivity contribution in [2.75, 3.05) is 13.1 Å². The zero-order chi connectivity index (χ0) is 15.1. The van der Waals surface area contributed by atoms with E-state index in [1.165, 1.54) is 16.4 Å². The van der Waals surface area contributed by atoms with Crippen molar-refractivity contribution in [2.45, 2.75) is 42.6 Å². The van der Waals surface area contributed by atoms with Gasteiger partial charge in [0.25, 0.3) is 0 Å². The molecule has 1 heterocycles. The number of hydrogen-bond acceptors (Lipinski definition) is 3. The number of aliphatic hydroxyl groups is 1. The van der Waals surface area contributed by atoms with Crippen molar-refractivity contribution in [3.63, 3.8) is 0 Å². The summed E-state index contributed by atoms with van der Waals surface area (Å²) >= 11 is 0. The molecule has 4 nitrogen and oxygen atoms in total. The summed E-state index contributed by atoms with van der Waals surface area (Å²) in [7, 11) is -3.60. The second kappa shape index (κ2) is 5.34. The fraction of sp³-hybridized carbons (Fsp3) is 0.600. The van der Waals surface area contributed by atoms with E-state index < -0.39 is 21.4 Å². The molecule has 2 unspecified atom stereocenters. The average Bonchev–Trinajstić information content (AvgIpc) is 2.46. The van der Waals surface area contributed by atoms with Gasteiger partial charge in [-0.15, -0.1) is 0 Å². The van der Waals surface area contributed by atoms with E-state index >= 15 is 0 Å². The molecule has 1 N–H and O–H groups in total. The van der Waals surface area contributed by atoms with Gasteiger partial charge in [0, 0.05) is 19.0 Å². The maximum atomic E-state index is 12.9. The molecule has 21 heavy (non-hydrogen) atoms. The smallest absolute Gasteiger partial charge is 0.243 e. The third kappa shape index (κ3) is 2.72. The third-order valence-corrected chi connectivity index (χ3v) is 6.72. The highest BCUT2D eigenvalue weighted by Gasteiger charge is 2.45. The lowest BCUT2D eigenvalue weighted by Crippen LogP contribution is -2.54. The van der Waals surface area contributed by atoms with Crippen molar-refractivity contribution < 1.29 is 17.9 Å². The summed E-state index contributed by atoms with van der Waals surface area (Å²) in [4.78, 5) is 0.116. The summed E-state index contributed by atoms with van der Waals surface area (Å²) in [5.41, 5.74) is -0.701. The van der Waals surface area contributed by atoms with Crippen LogP contribution in [-0.2, 0) is 10.0 Å². The van der Waals surface area contributed by atoms with Gasteiger partial charge in [-0.25, -0.2) is 12.8 Å². The van der Waals surface area contributed by atoms with Crippen LogP contribution in [0.4, 0.5) is 4.39 Å². The number of fused-ring (bicyclic) bond motifs is 1. The average molecular weight is 313 g/mol. The quantitative estimate of drug-likeness (QED) is 0.910. The van der Waals surface area contributed by atoms with Gasteiger partial charge in [0.05, 0.1) is 10.5 Å². The fourth-order valence-electron chi connectivity index (χ4n) is 3.51. The Labute approximate surface area is 124 Å². The van der Waals surface area contributed by atoms with Crippen LogP contribution in [0.15, 0.2) is 29.2 Å². The Morgan fingerprint density at radius 1 is 1.19 bits per heavy atom. The second-order valence-corrected chi connectivity index (χ2v) is 8.05. The molecule has 0 aromatic heterocycles. The Morgan fingerprint density at radius 3 is 2.62 bits per heavy atom. The van der Waals surface area contributed by atoms with E-state index in [0.29, 0.717) is 19.5 Å². The second-order valence-electron chi connectivity index (χ2n) is 6.11. The number of nitrogens with zero attached hydrogens (tertiary/aromatic N) is 1. The molecule has 1 saturated heterocycles. The maximum absolute atomic E-state index is 12.9. The molecule has 0 spiro atoms. The molecule has 1 aromatic rings. The van der Waals surface area contributed by atoms with E-state index in [1.54, 1.807) is 0 Å². The number of rotatable bonds is 2. The van der Waals surface area contributed by atoms with Crippen molar-refractivity contribution in [2.24, 2.45) is 5.92 Å². The van der Waals surface area contributed by atoms with Gasteiger partial charge < -0.3 is 5.11 Å². The van der Waals surface area contributed by atoms with Crippen LogP contribution in [0.1, 0.15) is 32.1 Å². The highest BCUT2D eigenvalue weighted by atomic mass is 32.2. The first-order valence-electron chi connectivity index (χ1n) is 7.40. The topological polar surface area (TPSA) is 57.6 Å². The van der Waals surface area contributed by atoms with E-state index in [4.69, 9.17) is 0 Å². The number of sulfonamides is 1. The molecule has 2 fully saturated rings. The summed E-state index contributed by atoms with van der Waals surface area (Å²) in [6.07, 6.45) is 4.17. The van der Waals surface area contributed by atoms with Crippen LogP contribution in [0.25, 0.3) is 0 Å². The lowest BCUT2D eigenvalue weighted by Gasteiger charge is -2.46. The highest BCUT2D eigenvalue weighted by molar-refractivity contribution is 7.89. The van der Waals surface area contributed by atoms with Gasteiger partial charge in [-0.2, -0.15) is 4.31 Å². The fourth-order valence-corrected chi connectivity index (χ4v) is 5.00. The third-order valence-electron chi connectivity index (χ3n) is 4.84. The number of halogens is 1. The Morgan fingerprint density at radius 2 is 1.90 bits per heavy atom. The molecule has 0 bridgehead atoms. The van der Waals surface area contributed by atoms with Crippen LogP contribution in [-0.4, -0.2) is 36.5 Å². The lowest BCUT2D eigenvalue weighted by atomic mass is 9.72. The first-order chi connectivity index (χ1) is 9.92. The first-order valence-corrected chi connectivity index (χ1v) is 8.84. The summed E-state index contributed by atoms with van der Waals surface area (Å²) in [5, 5.41) is 10.6. The molecule has 116 valence electrons. The number of benzene rings is 1. The zero-order valence-corrected chi connectivity index (χ0v) is 12.7. The Kier molecular flexibility index (Phi) is 3.80. The summed E-state index contributed by atoms with van der Waals surface area (Å²) in [6.45, 7) is 0.683. The lowest BCUT2D eigenvalue weighted by molar-refractivity contribution is -0.0816. The van der Waals surface area contributed by atoms with Gasteiger partial charge in [-0.05, 0) is 43.5 Å². The molecule has 2 aliphatic rings. The van der Waals surface area contributed by atoms with Crippen molar-refractivity contribution >= 4 is 10.0 Å². The van der Waals surface area contributed by atoms with Crippen LogP contribution in [0.5, 0.6) is 0 Å². The molecule has 1 aliphatic carbocycles. The molecule has 0 amide bonds. The molecule has 1 aliphatic heterocycles. The van der Waals surface area contributed by atoms with E-state index in [1.807, 2.05) is 0 Å². The van der Waals surface area contributed by atoms with Gasteiger partial charge in [-0.1, -0.05) is 12.8 Å². The van der Waals surface area contributed by atoms with Crippen LogP contribution < -0.4 is 0 Å². The largest absolute Gasteiger partial charge is 0.390 e. The SMILES string of the molecule is O=S(=O)(c1ccc(F)cc1)N1CCC2(O)CCCCC2C1. The summed E-state index contributed by atoms with van der Waals surface area (Å²) in [5.74, 6) is -0.440. The molecular formula is C15H20FNO3S. The van der Waals surface area contributed by atoms with Crippen LogP contribution >= 0.6 is 0 Å². The van der Waals surface area contributed by atoms with Crippen LogP contribution in [0, 0.1) is 11.7 Å². The number of piperidine rings is 1. The molecule has 1 aromatic carbocycles. The Bertz CT molecular complexity index is 616.